The summed E-state index contributed by atoms with van der Waals surface area (Å²) in [5.41, 5.74) is 3.52. The highest BCUT2D eigenvalue weighted by Crippen LogP contribution is 2.25. The van der Waals surface area contributed by atoms with E-state index in [1.165, 1.54) is 35.5 Å². The lowest BCUT2D eigenvalue weighted by Gasteiger charge is -2.30. The molecule has 0 bridgehead atoms. The van der Waals surface area contributed by atoms with Gasteiger partial charge in [-0.25, -0.2) is 8.42 Å². The second kappa shape index (κ2) is 8.47. The van der Waals surface area contributed by atoms with Crippen molar-refractivity contribution in [2.24, 2.45) is 5.92 Å². The minimum Gasteiger partial charge on any atom is -0.326 e. The molecule has 7 heteroatoms. The van der Waals surface area contributed by atoms with Gasteiger partial charge in [0, 0.05) is 30.3 Å². The van der Waals surface area contributed by atoms with Gasteiger partial charge < -0.3 is 5.32 Å². The van der Waals surface area contributed by atoms with Crippen LogP contribution in [0.3, 0.4) is 0 Å². The number of ketones is 1. The molecule has 0 aromatic heterocycles. The molecule has 29 heavy (non-hydrogen) atoms. The summed E-state index contributed by atoms with van der Waals surface area (Å²) in [4.78, 5) is 24.1. The summed E-state index contributed by atoms with van der Waals surface area (Å²) >= 11 is 0. The van der Waals surface area contributed by atoms with Crippen LogP contribution < -0.4 is 5.32 Å². The van der Waals surface area contributed by atoms with E-state index in [0.717, 1.165) is 16.8 Å². The number of nitrogens with zero attached hydrogens (tertiary/aromatic N) is 1. The smallest absolute Gasteiger partial charge is 0.243 e. The number of rotatable bonds is 5. The molecule has 3 rings (SSSR count). The van der Waals surface area contributed by atoms with Gasteiger partial charge in [-0.2, -0.15) is 4.31 Å². The van der Waals surface area contributed by atoms with Crippen LogP contribution >= 0.6 is 0 Å². The maximum absolute atomic E-state index is 12.8. The quantitative estimate of drug-likeness (QED) is 0.759. The molecule has 0 spiro atoms. The van der Waals surface area contributed by atoms with Gasteiger partial charge in [-0.15, -0.1) is 0 Å². The van der Waals surface area contributed by atoms with Gasteiger partial charge in [0.15, 0.2) is 5.78 Å². The van der Waals surface area contributed by atoms with Crippen molar-refractivity contribution in [3.05, 3.63) is 59.2 Å². The predicted molar refractivity (Wildman–Crippen MR) is 112 cm³/mol. The monoisotopic (exact) mass is 414 g/mol. The molecular formula is C22H26N2O4S. The number of nitrogens with one attached hydrogen (secondary N) is 1. The maximum Gasteiger partial charge on any atom is 0.243 e. The second-order valence-corrected chi connectivity index (χ2v) is 9.49. The van der Waals surface area contributed by atoms with Gasteiger partial charge in [-0.3, -0.25) is 9.59 Å². The van der Waals surface area contributed by atoms with Crippen molar-refractivity contribution in [3.8, 4) is 0 Å². The molecule has 1 heterocycles. The summed E-state index contributed by atoms with van der Waals surface area (Å²) in [5.74, 6) is -0.399. The Morgan fingerprint density at radius 2 is 1.59 bits per heavy atom. The van der Waals surface area contributed by atoms with Crippen LogP contribution in [0.1, 0.15) is 41.3 Å². The van der Waals surface area contributed by atoms with Crippen molar-refractivity contribution in [3.63, 3.8) is 0 Å². The zero-order chi connectivity index (χ0) is 21.2. The molecule has 1 aliphatic heterocycles. The fourth-order valence-electron chi connectivity index (χ4n) is 3.43. The summed E-state index contributed by atoms with van der Waals surface area (Å²) in [6.45, 7) is 6.04. The van der Waals surface area contributed by atoms with E-state index in [9.17, 15) is 18.0 Å². The summed E-state index contributed by atoms with van der Waals surface area (Å²) in [6.07, 6.45) is 0.947. The van der Waals surface area contributed by atoms with Crippen molar-refractivity contribution in [2.45, 2.75) is 38.5 Å². The van der Waals surface area contributed by atoms with Crippen molar-refractivity contribution in [1.29, 1.82) is 0 Å². The molecule has 2 aromatic rings. The molecule has 1 saturated heterocycles. The van der Waals surface area contributed by atoms with Crippen LogP contribution in [0.5, 0.6) is 0 Å². The number of piperidine rings is 1. The van der Waals surface area contributed by atoms with E-state index in [1.807, 2.05) is 32.0 Å². The lowest BCUT2D eigenvalue weighted by molar-refractivity contribution is -0.120. The molecule has 0 saturated carbocycles. The van der Waals surface area contributed by atoms with E-state index in [0.29, 0.717) is 31.5 Å². The number of carbonyl (C=O) groups excluding carboxylic acids is 2. The van der Waals surface area contributed by atoms with Crippen LogP contribution in [0.4, 0.5) is 5.69 Å². The standard InChI is InChI=1S/C22H26N2O4S/c1-15-4-7-20(14-16(15)2)23-22(26)19-10-12-24(13-11-19)29(27,28)21-8-5-18(6-9-21)17(3)25/h4-9,14,19H,10-13H2,1-3H3,(H,23,26). The zero-order valence-corrected chi connectivity index (χ0v) is 17.8. The molecular weight excluding hydrogens is 388 g/mol. The van der Waals surface area contributed by atoms with Crippen molar-refractivity contribution < 1.29 is 18.0 Å². The van der Waals surface area contributed by atoms with Crippen LogP contribution in [-0.2, 0) is 14.8 Å². The van der Waals surface area contributed by atoms with Crippen LogP contribution in [0.2, 0.25) is 0 Å². The van der Waals surface area contributed by atoms with Crippen molar-refractivity contribution in [2.75, 3.05) is 18.4 Å². The Morgan fingerprint density at radius 3 is 2.14 bits per heavy atom. The highest BCUT2D eigenvalue weighted by molar-refractivity contribution is 7.89. The number of carbonyl (C=O) groups is 2. The van der Waals surface area contributed by atoms with Crippen molar-refractivity contribution in [1.82, 2.24) is 4.31 Å². The zero-order valence-electron chi connectivity index (χ0n) is 16.9. The SMILES string of the molecule is CC(=O)c1ccc(S(=O)(=O)N2CCC(C(=O)Nc3ccc(C)c(C)c3)CC2)cc1. The average Bonchev–Trinajstić information content (AvgIpc) is 2.71. The Balaban J connectivity index is 1.62. The average molecular weight is 415 g/mol. The van der Waals surface area contributed by atoms with Gasteiger partial charge in [0.05, 0.1) is 4.90 Å². The summed E-state index contributed by atoms with van der Waals surface area (Å²) in [5, 5.41) is 2.94. The third kappa shape index (κ3) is 4.74. The highest BCUT2D eigenvalue weighted by Gasteiger charge is 2.32. The lowest BCUT2D eigenvalue weighted by atomic mass is 9.97. The third-order valence-electron chi connectivity index (χ3n) is 5.50. The van der Waals surface area contributed by atoms with Crippen LogP contribution in [-0.4, -0.2) is 37.5 Å². The molecule has 0 unspecified atom stereocenters. The molecule has 1 fully saturated rings. The second-order valence-electron chi connectivity index (χ2n) is 7.55. The van der Waals surface area contributed by atoms with Gasteiger partial charge in [0.25, 0.3) is 0 Å². The minimum atomic E-state index is -3.63. The number of benzene rings is 2. The van der Waals surface area contributed by atoms with E-state index >= 15 is 0 Å². The first kappa shape index (κ1) is 21.2. The molecule has 1 amide bonds. The topological polar surface area (TPSA) is 83.6 Å². The summed E-state index contributed by atoms with van der Waals surface area (Å²) < 4.78 is 27.1. The molecule has 1 N–H and O–H groups in total. The summed E-state index contributed by atoms with van der Waals surface area (Å²) in [7, 11) is -3.63. The number of sulfonamides is 1. The molecule has 0 radical (unpaired) electrons. The largest absolute Gasteiger partial charge is 0.326 e. The number of aryl methyl sites for hydroxylation is 2. The molecule has 0 aliphatic carbocycles. The maximum atomic E-state index is 12.8. The number of anilines is 1. The van der Waals surface area contributed by atoms with Crippen molar-refractivity contribution >= 4 is 27.4 Å². The molecule has 2 aromatic carbocycles. The Hall–Kier alpha value is -2.51. The first-order valence-electron chi connectivity index (χ1n) is 9.68. The molecule has 154 valence electrons. The fourth-order valence-corrected chi connectivity index (χ4v) is 4.90. The number of hydrogen-bond donors (Lipinski definition) is 1. The van der Waals surface area contributed by atoms with Gasteiger partial charge in [0.2, 0.25) is 15.9 Å². The highest BCUT2D eigenvalue weighted by atomic mass is 32.2. The lowest BCUT2D eigenvalue weighted by Crippen LogP contribution is -2.41. The first-order valence-corrected chi connectivity index (χ1v) is 11.1. The summed E-state index contributed by atoms with van der Waals surface area (Å²) in [6, 6.07) is 11.8. The van der Waals surface area contributed by atoms with E-state index in [-0.39, 0.29) is 22.5 Å². The molecule has 0 atom stereocenters. The van der Waals surface area contributed by atoms with Crippen LogP contribution in [0.15, 0.2) is 47.4 Å². The first-order chi connectivity index (χ1) is 13.7. The molecule has 1 aliphatic rings. The number of hydrogen-bond acceptors (Lipinski definition) is 4. The van der Waals surface area contributed by atoms with E-state index in [1.54, 1.807) is 0 Å². The van der Waals surface area contributed by atoms with Gasteiger partial charge in [-0.05, 0) is 69.0 Å². The Kier molecular flexibility index (Phi) is 6.19. The Morgan fingerprint density at radius 1 is 0.966 bits per heavy atom. The van der Waals surface area contributed by atoms with E-state index < -0.39 is 10.0 Å². The van der Waals surface area contributed by atoms with Gasteiger partial charge >= 0.3 is 0 Å². The minimum absolute atomic E-state index is 0.0730. The van der Waals surface area contributed by atoms with Crippen LogP contribution in [0.25, 0.3) is 0 Å². The number of Topliss-reactive ketones (excluding diaryl/α,β-unsaturated/α-hetero) is 1. The van der Waals surface area contributed by atoms with Gasteiger partial charge in [0.1, 0.15) is 0 Å². The van der Waals surface area contributed by atoms with E-state index in [4.69, 9.17) is 0 Å². The Labute approximate surface area is 172 Å². The number of amides is 1. The Bertz CT molecular complexity index is 1020. The van der Waals surface area contributed by atoms with Crippen LogP contribution in [0, 0.1) is 19.8 Å². The fraction of sp³-hybridized carbons (Fsp3) is 0.364. The molecule has 6 nitrogen and oxygen atoms in total. The predicted octanol–water partition coefficient (Wildman–Crippen LogP) is 3.55. The normalized spacial score (nSPS) is 15.8. The van der Waals surface area contributed by atoms with E-state index in [2.05, 4.69) is 5.32 Å². The third-order valence-corrected chi connectivity index (χ3v) is 7.41. The van der Waals surface area contributed by atoms with Gasteiger partial charge in [-0.1, -0.05) is 18.2 Å².